The summed E-state index contributed by atoms with van der Waals surface area (Å²) in [5.41, 5.74) is 8.45. The van der Waals surface area contributed by atoms with E-state index in [9.17, 15) is 4.79 Å². The van der Waals surface area contributed by atoms with Gasteiger partial charge in [0.05, 0.1) is 0 Å². The number of pyridine rings is 2. The number of hydrogen-bond acceptors (Lipinski definition) is 6. The zero-order valence-electron chi connectivity index (χ0n) is 31.5. The maximum absolute atomic E-state index is 15.8. The second-order valence-corrected chi connectivity index (χ2v) is 14.3. The Labute approximate surface area is 299 Å². The Morgan fingerprint density at radius 1 is 1.10 bits per heavy atom. The highest BCUT2D eigenvalue weighted by Crippen LogP contribution is 2.32. The van der Waals surface area contributed by atoms with E-state index in [1.807, 2.05) is 50.3 Å². The normalized spacial score (nSPS) is 17.5. The highest BCUT2D eigenvalue weighted by molar-refractivity contribution is 5.95. The van der Waals surface area contributed by atoms with Crippen molar-refractivity contribution in [2.75, 3.05) is 51.6 Å². The summed E-state index contributed by atoms with van der Waals surface area (Å²) >= 11 is 0. The number of aromatic nitrogens is 2. The zero-order chi connectivity index (χ0) is 35.9. The molecule has 1 saturated heterocycles. The maximum atomic E-state index is 15.8. The number of anilines is 1. The molecule has 7 nitrogen and oxygen atoms in total. The molecular formula is C42H57FN6O. The van der Waals surface area contributed by atoms with Crippen LogP contribution in [0.15, 0.2) is 54.4 Å². The molecule has 2 atom stereocenters. The predicted molar refractivity (Wildman–Crippen MR) is 206 cm³/mol. The third kappa shape index (κ3) is 8.52. The molecule has 50 heavy (non-hydrogen) atoms. The standard InChI is InChI=1S/C42H57FN6O/c1-9-30(5)47(10-2)27-33-14-19-49(20-15-33)42(50)36-23-29(4)41(39(43)25-36)34-16-21-48(22-17-34)32(7)28(3)24-38-31(6)45-18-13-37(38)35-11-12-40(44-8)46-26-35/h11-13,16,18,23-26,30,32-33H,9-10,14-15,17,19-22,27H2,1-8H3,(H,44,46)/b28-24+. The molecular weight excluding hydrogens is 624 g/mol. The smallest absolute Gasteiger partial charge is 0.253 e. The van der Waals surface area contributed by atoms with E-state index in [-0.39, 0.29) is 17.8 Å². The quantitative estimate of drug-likeness (QED) is 0.207. The molecule has 8 heteroatoms. The van der Waals surface area contributed by atoms with E-state index in [1.54, 1.807) is 0 Å². The summed E-state index contributed by atoms with van der Waals surface area (Å²) in [7, 11) is 1.87. The van der Waals surface area contributed by atoms with Crippen LogP contribution in [0, 0.1) is 25.6 Å². The van der Waals surface area contributed by atoms with Crippen LogP contribution in [-0.2, 0) is 0 Å². The van der Waals surface area contributed by atoms with Gasteiger partial charge in [-0.25, -0.2) is 9.37 Å². The molecule has 5 rings (SSSR count). The molecule has 2 unspecified atom stereocenters. The van der Waals surface area contributed by atoms with Crippen LogP contribution in [0.5, 0.6) is 0 Å². The molecule has 2 aliphatic heterocycles. The van der Waals surface area contributed by atoms with Crippen molar-refractivity contribution in [2.45, 2.75) is 86.2 Å². The van der Waals surface area contributed by atoms with Crippen molar-refractivity contribution in [3.63, 3.8) is 0 Å². The summed E-state index contributed by atoms with van der Waals surface area (Å²) in [5.74, 6) is 1.09. The van der Waals surface area contributed by atoms with Crippen LogP contribution in [0.2, 0.25) is 0 Å². The fraction of sp³-hybridized carbons (Fsp3) is 0.500. The van der Waals surface area contributed by atoms with Crippen LogP contribution >= 0.6 is 0 Å². The van der Waals surface area contributed by atoms with Crippen LogP contribution in [0.25, 0.3) is 22.8 Å². The Hall–Kier alpha value is -3.88. The van der Waals surface area contributed by atoms with Crippen molar-refractivity contribution in [1.29, 1.82) is 0 Å². The highest BCUT2D eigenvalue weighted by Gasteiger charge is 2.28. The maximum Gasteiger partial charge on any atom is 0.253 e. The molecule has 4 heterocycles. The first-order valence-electron chi connectivity index (χ1n) is 18.6. The van der Waals surface area contributed by atoms with E-state index in [1.165, 1.54) is 11.6 Å². The van der Waals surface area contributed by atoms with E-state index >= 15 is 4.39 Å². The highest BCUT2D eigenvalue weighted by atomic mass is 19.1. The number of amides is 1. The Morgan fingerprint density at radius 2 is 1.86 bits per heavy atom. The third-order valence-electron chi connectivity index (χ3n) is 11.2. The summed E-state index contributed by atoms with van der Waals surface area (Å²) in [6.45, 7) is 20.3. The monoisotopic (exact) mass is 680 g/mol. The van der Waals surface area contributed by atoms with Gasteiger partial charge in [0.1, 0.15) is 11.6 Å². The lowest BCUT2D eigenvalue weighted by molar-refractivity contribution is 0.0653. The Bertz CT molecular complexity index is 1670. The van der Waals surface area contributed by atoms with Crippen molar-refractivity contribution >= 4 is 23.4 Å². The molecule has 1 fully saturated rings. The minimum absolute atomic E-state index is 0.0515. The van der Waals surface area contributed by atoms with Crippen molar-refractivity contribution in [3.05, 3.63) is 88.1 Å². The number of likely N-dealkylation sites (tertiary alicyclic amines) is 1. The van der Waals surface area contributed by atoms with E-state index in [4.69, 9.17) is 0 Å². The summed E-state index contributed by atoms with van der Waals surface area (Å²) in [5, 5.41) is 3.08. The summed E-state index contributed by atoms with van der Waals surface area (Å²) in [6.07, 6.45) is 12.1. The van der Waals surface area contributed by atoms with Gasteiger partial charge in [-0.2, -0.15) is 0 Å². The number of nitrogens with one attached hydrogen (secondary N) is 1. The van der Waals surface area contributed by atoms with Crippen LogP contribution in [0.1, 0.15) is 93.0 Å². The van der Waals surface area contributed by atoms with Gasteiger partial charge in [-0.1, -0.05) is 31.6 Å². The SMILES string of the molecule is CCC(C)N(CC)CC1CCN(C(=O)c2cc(C)c(C3=CCN(C(C)/C(C)=C/c4c(-c5ccc(NC)nc5)ccnc4C)CC3)c(F)c2)CC1. The van der Waals surface area contributed by atoms with Crippen molar-refractivity contribution in [3.8, 4) is 11.1 Å². The number of piperidine rings is 1. The van der Waals surface area contributed by atoms with E-state index in [0.717, 1.165) is 104 Å². The summed E-state index contributed by atoms with van der Waals surface area (Å²) in [4.78, 5) is 29.5. The number of halogens is 1. The molecule has 2 aliphatic rings. The molecule has 0 bridgehead atoms. The largest absolute Gasteiger partial charge is 0.373 e. The topological polar surface area (TPSA) is 64.6 Å². The Morgan fingerprint density at radius 3 is 2.46 bits per heavy atom. The zero-order valence-corrected chi connectivity index (χ0v) is 31.5. The minimum atomic E-state index is -0.295. The molecule has 2 aromatic heterocycles. The third-order valence-corrected chi connectivity index (χ3v) is 11.2. The molecule has 3 aromatic rings. The lowest BCUT2D eigenvalue weighted by Gasteiger charge is -2.36. The van der Waals surface area contributed by atoms with Crippen LogP contribution in [0.4, 0.5) is 10.2 Å². The van der Waals surface area contributed by atoms with Crippen LogP contribution in [-0.4, -0.2) is 89.0 Å². The first kappa shape index (κ1) is 37.4. The molecule has 1 aromatic carbocycles. The number of aryl methyl sites for hydroxylation is 2. The molecule has 1 amide bonds. The van der Waals surface area contributed by atoms with E-state index in [2.05, 4.69) is 84.0 Å². The number of nitrogens with zero attached hydrogens (tertiary/aromatic N) is 5. The molecule has 1 N–H and O–H groups in total. The van der Waals surface area contributed by atoms with Gasteiger partial charge < -0.3 is 15.1 Å². The number of carbonyl (C=O) groups is 1. The molecule has 268 valence electrons. The average molecular weight is 681 g/mol. The van der Waals surface area contributed by atoms with Gasteiger partial charge in [0.15, 0.2) is 0 Å². The van der Waals surface area contributed by atoms with Gasteiger partial charge in [-0.3, -0.25) is 14.7 Å². The van der Waals surface area contributed by atoms with Gasteiger partial charge in [0.25, 0.3) is 5.91 Å². The number of rotatable bonds is 12. The Balaban J connectivity index is 1.23. The number of carbonyl (C=O) groups excluding carboxylic acids is 1. The van der Waals surface area contributed by atoms with Crippen molar-refractivity contribution in [1.82, 2.24) is 24.7 Å². The number of benzene rings is 1. The van der Waals surface area contributed by atoms with E-state index < -0.39 is 0 Å². The molecule has 0 spiro atoms. The van der Waals surface area contributed by atoms with Crippen molar-refractivity contribution < 1.29 is 9.18 Å². The van der Waals surface area contributed by atoms with Crippen LogP contribution < -0.4 is 5.32 Å². The van der Waals surface area contributed by atoms with Gasteiger partial charge in [-0.15, -0.1) is 0 Å². The lowest BCUT2D eigenvalue weighted by atomic mass is 9.91. The van der Waals surface area contributed by atoms with E-state index in [0.29, 0.717) is 23.1 Å². The molecule has 0 saturated carbocycles. The van der Waals surface area contributed by atoms with Crippen molar-refractivity contribution in [2.24, 2.45) is 5.92 Å². The minimum Gasteiger partial charge on any atom is -0.373 e. The second-order valence-electron chi connectivity index (χ2n) is 14.3. The predicted octanol–water partition coefficient (Wildman–Crippen LogP) is 8.49. The fourth-order valence-corrected chi connectivity index (χ4v) is 7.60. The van der Waals surface area contributed by atoms with Gasteiger partial charge in [0.2, 0.25) is 0 Å². The number of hydrogen-bond donors (Lipinski definition) is 1. The lowest BCUT2D eigenvalue weighted by Crippen LogP contribution is -2.43. The fourth-order valence-electron chi connectivity index (χ4n) is 7.60. The van der Waals surface area contributed by atoms with Gasteiger partial charge >= 0.3 is 0 Å². The molecule has 0 radical (unpaired) electrons. The average Bonchev–Trinajstić information content (AvgIpc) is 3.14. The summed E-state index contributed by atoms with van der Waals surface area (Å²) in [6, 6.07) is 10.3. The first-order chi connectivity index (χ1) is 24.0. The Kier molecular flexibility index (Phi) is 12.6. The van der Waals surface area contributed by atoms with Crippen LogP contribution in [0.3, 0.4) is 0 Å². The second kappa shape index (κ2) is 16.9. The first-order valence-corrected chi connectivity index (χ1v) is 18.6. The van der Waals surface area contributed by atoms with Gasteiger partial charge in [0, 0.05) is 92.2 Å². The van der Waals surface area contributed by atoms with Gasteiger partial charge in [-0.05, 0) is 120 Å². The summed E-state index contributed by atoms with van der Waals surface area (Å²) < 4.78 is 15.8. The molecule has 0 aliphatic carbocycles.